The minimum Gasteiger partial charge on any atom is -0.497 e. The van der Waals surface area contributed by atoms with Gasteiger partial charge >= 0.3 is 5.97 Å². The molecule has 0 aliphatic rings. The van der Waals surface area contributed by atoms with Crippen LogP contribution in [-0.4, -0.2) is 24.5 Å². The summed E-state index contributed by atoms with van der Waals surface area (Å²) in [5.74, 6) is -0.109. The summed E-state index contributed by atoms with van der Waals surface area (Å²) in [5, 5.41) is 9.11. The lowest BCUT2D eigenvalue weighted by Crippen LogP contribution is -2.06. The van der Waals surface area contributed by atoms with Crippen molar-refractivity contribution in [1.29, 1.82) is 0 Å². The Morgan fingerprint density at radius 2 is 2.00 bits per heavy atom. The average molecular weight is 286 g/mol. The van der Waals surface area contributed by atoms with Crippen LogP contribution in [0, 0.1) is 0 Å². The molecule has 0 saturated carbocycles. The van der Waals surface area contributed by atoms with Gasteiger partial charge in [-0.3, -0.25) is 4.79 Å². The number of benzene rings is 2. The number of hydrogen-bond acceptors (Lipinski definition) is 4. The number of aromatic carboxylic acids is 1. The van der Waals surface area contributed by atoms with Crippen LogP contribution in [-0.2, 0) is 6.61 Å². The van der Waals surface area contributed by atoms with Gasteiger partial charge in [0.15, 0.2) is 6.29 Å². The molecule has 0 unspecified atom stereocenters. The van der Waals surface area contributed by atoms with Crippen molar-refractivity contribution in [2.75, 3.05) is 7.11 Å². The fraction of sp³-hybridized carbons (Fsp3) is 0.125. The third-order valence-electron chi connectivity index (χ3n) is 2.98. The number of methoxy groups -OCH3 is 1. The van der Waals surface area contributed by atoms with Gasteiger partial charge in [0.05, 0.1) is 18.2 Å². The highest BCUT2D eigenvalue weighted by Gasteiger charge is 2.11. The van der Waals surface area contributed by atoms with E-state index in [0.29, 0.717) is 28.9 Å². The lowest BCUT2D eigenvalue weighted by molar-refractivity contribution is 0.0693. The van der Waals surface area contributed by atoms with Gasteiger partial charge in [0, 0.05) is 11.6 Å². The summed E-state index contributed by atoms with van der Waals surface area (Å²) < 4.78 is 10.7. The van der Waals surface area contributed by atoms with Crippen LogP contribution in [0.3, 0.4) is 0 Å². The number of carbonyl (C=O) groups excluding carboxylic acids is 1. The van der Waals surface area contributed by atoms with Crippen LogP contribution in [0.5, 0.6) is 11.5 Å². The third kappa shape index (κ3) is 3.39. The van der Waals surface area contributed by atoms with E-state index >= 15 is 0 Å². The molecule has 0 aliphatic carbocycles. The molecule has 0 radical (unpaired) electrons. The molecule has 2 rings (SSSR count). The van der Waals surface area contributed by atoms with Crippen LogP contribution in [0.2, 0.25) is 0 Å². The molecule has 2 aromatic rings. The highest BCUT2D eigenvalue weighted by Crippen LogP contribution is 2.25. The SMILES string of the molecule is COc1ccc(C=O)c(OCc2ccccc2C(=O)O)c1. The summed E-state index contributed by atoms with van der Waals surface area (Å²) in [4.78, 5) is 22.1. The normalized spacial score (nSPS) is 9.95. The Kier molecular flexibility index (Phi) is 4.56. The van der Waals surface area contributed by atoms with E-state index in [4.69, 9.17) is 14.6 Å². The van der Waals surface area contributed by atoms with Gasteiger partial charge in [-0.05, 0) is 18.2 Å². The zero-order chi connectivity index (χ0) is 15.2. The minimum atomic E-state index is -1.02. The Hall–Kier alpha value is -2.82. The fourth-order valence-corrected chi connectivity index (χ4v) is 1.87. The molecular weight excluding hydrogens is 272 g/mol. The van der Waals surface area contributed by atoms with Crippen LogP contribution < -0.4 is 9.47 Å². The monoisotopic (exact) mass is 286 g/mol. The van der Waals surface area contributed by atoms with Crippen molar-refractivity contribution in [2.24, 2.45) is 0 Å². The first-order valence-electron chi connectivity index (χ1n) is 6.23. The fourth-order valence-electron chi connectivity index (χ4n) is 1.87. The van der Waals surface area contributed by atoms with Crippen LogP contribution in [0.25, 0.3) is 0 Å². The van der Waals surface area contributed by atoms with Gasteiger partial charge in [-0.15, -0.1) is 0 Å². The molecule has 0 atom stereocenters. The zero-order valence-corrected chi connectivity index (χ0v) is 11.4. The van der Waals surface area contributed by atoms with E-state index in [1.165, 1.54) is 13.2 Å². The van der Waals surface area contributed by atoms with E-state index < -0.39 is 5.97 Å². The number of carboxylic acids is 1. The smallest absolute Gasteiger partial charge is 0.336 e. The van der Waals surface area contributed by atoms with E-state index in [2.05, 4.69) is 0 Å². The number of aldehydes is 1. The largest absolute Gasteiger partial charge is 0.497 e. The van der Waals surface area contributed by atoms with E-state index in [9.17, 15) is 9.59 Å². The van der Waals surface area contributed by atoms with Crippen LogP contribution in [0.4, 0.5) is 0 Å². The molecule has 21 heavy (non-hydrogen) atoms. The maximum Gasteiger partial charge on any atom is 0.336 e. The molecule has 5 heteroatoms. The van der Waals surface area contributed by atoms with Crippen molar-refractivity contribution in [3.63, 3.8) is 0 Å². The molecule has 0 spiro atoms. The molecule has 0 heterocycles. The van der Waals surface area contributed by atoms with Crippen molar-refractivity contribution in [3.8, 4) is 11.5 Å². The van der Waals surface area contributed by atoms with Crippen LogP contribution in [0.1, 0.15) is 26.3 Å². The molecule has 0 bridgehead atoms. The van der Waals surface area contributed by atoms with Crippen molar-refractivity contribution in [1.82, 2.24) is 0 Å². The third-order valence-corrected chi connectivity index (χ3v) is 2.98. The summed E-state index contributed by atoms with van der Waals surface area (Å²) in [5.41, 5.74) is 1.08. The number of carboxylic acid groups (broad SMARTS) is 1. The maximum atomic E-state index is 11.1. The van der Waals surface area contributed by atoms with Gasteiger partial charge in [-0.25, -0.2) is 4.79 Å². The summed E-state index contributed by atoms with van der Waals surface area (Å²) in [6.07, 6.45) is 0.678. The first kappa shape index (κ1) is 14.6. The van der Waals surface area contributed by atoms with E-state index in [0.717, 1.165) is 0 Å². The molecule has 2 aromatic carbocycles. The van der Waals surface area contributed by atoms with Crippen molar-refractivity contribution in [3.05, 3.63) is 59.2 Å². The van der Waals surface area contributed by atoms with Gasteiger partial charge in [-0.2, -0.15) is 0 Å². The van der Waals surface area contributed by atoms with Gasteiger partial charge in [0.1, 0.15) is 18.1 Å². The average Bonchev–Trinajstić information content (AvgIpc) is 2.52. The Labute approximate surface area is 121 Å². The highest BCUT2D eigenvalue weighted by molar-refractivity contribution is 5.89. The number of hydrogen-bond donors (Lipinski definition) is 1. The van der Waals surface area contributed by atoms with E-state index in [1.54, 1.807) is 36.4 Å². The highest BCUT2D eigenvalue weighted by atomic mass is 16.5. The summed E-state index contributed by atoms with van der Waals surface area (Å²) in [6, 6.07) is 11.4. The summed E-state index contributed by atoms with van der Waals surface area (Å²) >= 11 is 0. The summed E-state index contributed by atoms with van der Waals surface area (Å²) in [7, 11) is 1.51. The number of ether oxygens (including phenoxy) is 2. The molecule has 108 valence electrons. The Morgan fingerprint density at radius 3 is 2.67 bits per heavy atom. The molecule has 0 aliphatic heterocycles. The van der Waals surface area contributed by atoms with Crippen molar-refractivity contribution >= 4 is 12.3 Å². The molecule has 1 N–H and O–H groups in total. The zero-order valence-electron chi connectivity index (χ0n) is 11.4. The first-order valence-corrected chi connectivity index (χ1v) is 6.23. The van der Waals surface area contributed by atoms with Gasteiger partial charge in [0.25, 0.3) is 0 Å². The predicted octanol–water partition coefficient (Wildman–Crippen LogP) is 2.78. The van der Waals surface area contributed by atoms with Crippen LogP contribution in [0.15, 0.2) is 42.5 Å². The number of rotatable bonds is 6. The second kappa shape index (κ2) is 6.56. The maximum absolute atomic E-state index is 11.1. The molecule has 0 saturated heterocycles. The quantitative estimate of drug-likeness (QED) is 0.827. The summed E-state index contributed by atoms with van der Waals surface area (Å²) in [6.45, 7) is 0.0521. The lowest BCUT2D eigenvalue weighted by atomic mass is 10.1. The van der Waals surface area contributed by atoms with E-state index in [-0.39, 0.29) is 12.2 Å². The second-order valence-electron chi connectivity index (χ2n) is 4.27. The Morgan fingerprint density at radius 1 is 1.24 bits per heavy atom. The Bertz CT molecular complexity index is 663. The molecular formula is C16H14O5. The lowest BCUT2D eigenvalue weighted by Gasteiger charge is -2.11. The van der Waals surface area contributed by atoms with Crippen LogP contribution >= 0.6 is 0 Å². The first-order chi connectivity index (χ1) is 10.2. The standard InChI is InChI=1S/C16H14O5/c1-20-13-7-6-11(9-17)15(8-13)21-10-12-4-2-3-5-14(12)16(18)19/h2-9H,10H2,1H3,(H,18,19). The number of carbonyl (C=O) groups is 2. The minimum absolute atomic E-state index is 0.0521. The van der Waals surface area contributed by atoms with Gasteiger partial charge < -0.3 is 14.6 Å². The van der Waals surface area contributed by atoms with Crippen molar-refractivity contribution < 1.29 is 24.2 Å². The molecule has 5 nitrogen and oxygen atoms in total. The Balaban J connectivity index is 2.24. The van der Waals surface area contributed by atoms with Crippen molar-refractivity contribution in [2.45, 2.75) is 6.61 Å². The van der Waals surface area contributed by atoms with Gasteiger partial charge in [-0.1, -0.05) is 18.2 Å². The van der Waals surface area contributed by atoms with E-state index in [1.807, 2.05) is 0 Å². The molecule has 0 fully saturated rings. The molecule has 0 aromatic heterocycles. The molecule has 0 amide bonds. The topological polar surface area (TPSA) is 72.8 Å². The predicted molar refractivity (Wildman–Crippen MR) is 76.1 cm³/mol. The second-order valence-corrected chi connectivity index (χ2v) is 4.27. The van der Waals surface area contributed by atoms with Gasteiger partial charge in [0.2, 0.25) is 0 Å².